The SMILES string of the molecule is CC(=O)Sc1ccc(C)cc1N. The molecule has 0 aromatic heterocycles. The van der Waals surface area contributed by atoms with Gasteiger partial charge in [0.1, 0.15) is 0 Å². The molecule has 0 aliphatic heterocycles. The van der Waals surface area contributed by atoms with Crippen LogP contribution < -0.4 is 5.73 Å². The number of carbonyl (C=O) groups excluding carboxylic acids is 1. The summed E-state index contributed by atoms with van der Waals surface area (Å²) in [5, 5.41) is 0.0607. The first-order valence-corrected chi connectivity index (χ1v) is 4.46. The Hall–Kier alpha value is -0.960. The van der Waals surface area contributed by atoms with E-state index in [1.807, 2.05) is 25.1 Å². The van der Waals surface area contributed by atoms with Crippen LogP contribution in [0.5, 0.6) is 0 Å². The van der Waals surface area contributed by atoms with Crippen molar-refractivity contribution in [2.24, 2.45) is 0 Å². The van der Waals surface area contributed by atoms with Crippen molar-refractivity contribution in [3.8, 4) is 0 Å². The van der Waals surface area contributed by atoms with E-state index in [2.05, 4.69) is 0 Å². The molecule has 0 unspecified atom stereocenters. The van der Waals surface area contributed by atoms with Crippen LogP contribution in [-0.4, -0.2) is 5.12 Å². The molecule has 0 saturated heterocycles. The van der Waals surface area contributed by atoms with Gasteiger partial charge >= 0.3 is 0 Å². The number of aryl methyl sites for hydroxylation is 1. The molecule has 2 N–H and O–H groups in total. The molecule has 64 valence electrons. The standard InChI is InChI=1S/C9H11NOS/c1-6-3-4-9(8(10)5-6)12-7(2)11/h3-5H,10H2,1-2H3. The van der Waals surface area contributed by atoms with Crippen LogP contribution in [0.1, 0.15) is 12.5 Å². The predicted octanol–water partition coefficient (Wildman–Crippen LogP) is 2.22. The Labute approximate surface area is 76.2 Å². The average molecular weight is 181 g/mol. The highest BCUT2D eigenvalue weighted by atomic mass is 32.2. The Balaban J connectivity index is 2.93. The van der Waals surface area contributed by atoms with Gasteiger partial charge in [-0.1, -0.05) is 17.8 Å². The smallest absolute Gasteiger partial charge is 0.190 e. The van der Waals surface area contributed by atoms with Crippen LogP contribution in [0.4, 0.5) is 5.69 Å². The monoisotopic (exact) mass is 181 g/mol. The Morgan fingerprint density at radius 2 is 2.17 bits per heavy atom. The molecule has 2 nitrogen and oxygen atoms in total. The van der Waals surface area contributed by atoms with Gasteiger partial charge in [-0.25, -0.2) is 0 Å². The van der Waals surface area contributed by atoms with Gasteiger partial charge in [0, 0.05) is 17.5 Å². The van der Waals surface area contributed by atoms with E-state index in [9.17, 15) is 4.79 Å². The lowest BCUT2D eigenvalue weighted by Gasteiger charge is -2.02. The lowest BCUT2D eigenvalue weighted by Crippen LogP contribution is -1.91. The first-order valence-electron chi connectivity index (χ1n) is 3.64. The highest BCUT2D eigenvalue weighted by molar-refractivity contribution is 8.13. The molecule has 0 aliphatic rings. The largest absolute Gasteiger partial charge is 0.398 e. The van der Waals surface area contributed by atoms with Gasteiger partial charge in [-0.3, -0.25) is 4.79 Å². The Bertz CT molecular complexity index is 309. The number of hydrogen-bond donors (Lipinski definition) is 1. The molecule has 0 fully saturated rings. The zero-order valence-electron chi connectivity index (χ0n) is 7.13. The third-order valence-electron chi connectivity index (χ3n) is 1.42. The zero-order chi connectivity index (χ0) is 9.14. The first kappa shape index (κ1) is 9.13. The molecule has 1 rings (SSSR count). The number of benzene rings is 1. The Morgan fingerprint density at radius 3 is 2.67 bits per heavy atom. The maximum atomic E-state index is 10.8. The van der Waals surface area contributed by atoms with Crippen molar-refractivity contribution in [3.63, 3.8) is 0 Å². The van der Waals surface area contributed by atoms with Crippen molar-refractivity contribution < 1.29 is 4.79 Å². The highest BCUT2D eigenvalue weighted by Gasteiger charge is 2.02. The van der Waals surface area contributed by atoms with E-state index >= 15 is 0 Å². The van der Waals surface area contributed by atoms with Gasteiger partial charge in [-0.2, -0.15) is 0 Å². The van der Waals surface area contributed by atoms with E-state index in [1.165, 1.54) is 18.7 Å². The van der Waals surface area contributed by atoms with Gasteiger partial charge in [0.15, 0.2) is 5.12 Å². The molecule has 12 heavy (non-hydrogen) atoms. The lowest BCUT2D eigenvalue weighted by atomic mass is 10.2. The van der Waals surface area contributed by atoms with Crippen molar-refractivity contribution in [1.29, 1.82) is 0 Å². The Kier molecular flexibility index (Phi) is 2.76. The number of rotatable bonds is 1. The zero-order valence-corrected chi connectivity index (χ0v) is 7.94. The second-order valence-electron chi connectivity index (χ2n) is 2.63. The normalized spacial score (nSPS) is 9.83. The number of hydrogen-bond acceptors (Lipinski definition) is 3. The second-order valence-corrected chi connectivity index (χ2v) is 3.85. The minimum absolute atomic E-state index is 0.0607. The molecule has 0 saturated carbocycles. The summed E-state index contributed by atoms with van der Waals surface area (Å²) in [4.78, 5) is 11.6. The van der Waals surface area contributed by atoms with Crippen molar-refractivity contribution >= 4 is 22.6 Å². The maximum absolute atomic E-state index is 10.8. The fourth-order valence-electron chi connectivity index (χ4n) is 0.916. The van der Waals surface area contributed by atoms with Crippen LogP contribution in [0.15, 0.2) is 23.1 Å². The van der Waals surface area contributed by atoms with Crippen molar-refractivity contribution in [2.75, 3.05) is 5.73 Å². The maximum Gasteiger partial charge on any atom is 0.190 e. The summed E-state index contributed by atoms with van der Waals surface area (Å²) >= 11 is 1.17. The number of carbonyl (C=O) groups is 1. The van der Waals surface area contributed by atoms with Gasteiger partial charge in [0.25, 0.3) is 0 Å². The number of nitrogens with two attached hydrogens (primary N) is 1. The third-order valence-corrected chi connectivity index (χ3v) is 2.30. The fourth-order valence-corrected chi connectivity index (χ4v) is 1.54. The summed E-state index contributed by atoms with van der Waals surface area (Å²) in [7, 11) is 0. The summed E-state index contributed by atoms with van der Waals surface area (Å²) in [5.74, 6) is 0. The minimum Gasteiger partial charge on any atom is -0.398 e. The van der Waals surface area contributed by atoms with E-state index in [0.717, 1.165) is 10.5 Å². The molecule has 0 heterocycles. The minimum atomic E-state index is 0.0607. The number of thioether (sulfide) groups is 1. The van der Waals surface area contributed by atoms with E-state index in [4.69, 9.17) is 5.73 Å². The van der Waals surface area contributed by atoms with Gasteiger partial charge in [-0.05, 0) is 24.6 Å². The predicted molar refractivity (Wildman–Crippen MR) is 52.1 cm³/mol. The molecule has 0 spiro atoms. The average Bonchev–Trinajstić information content (AvgIpc) is 1.94. The van der Waals surface area contributed by atoms with Crippen molar-refractivity contribution in [3.05, 3.63) is 23.8 Å². The second kappa shape index (κ2) is 3.63. The van der Waals surface area contributed by atoms with Crippen LogP contribution in [0.3, 0.4) is 0 Å². The molecular formula is C9H11NOS. The van der Waals surface area contributed by atoms with E-state index in [0.29, 0.717) is 5.69 Å². The lowest BCUT2D eigenvalue weighted by molar-refractivity contribution is -0.109. The molecule has 0 bridgehead atoms. The van der Waals surface area contributed by atoms with Gasteiger partial charge in [0.2, 0.25) is 0 Å². The summed E-state index contributed by atoms with van der Waals surface area (Å²) < 4.78 is 0. The van der Waals surface area contributed by atoms with Crippen LogP contribution in [-0.2, 0) is 4.79 Å². The number of nitrogen functional groups attached to an aromatic ring is 1. The molecule has 0 amide bonds. The van der Waals surface area contributed by atoms with E-state index in [1.54, 1.807) is 0 Å². The van der Waals surface area contributed by atoms with Gasteiger partial charge in [-0.15, -0.1) is 0 Å². The highest BCUT2D eigenvalue weighted by Crippen LogP contribution is 2.25. The Morgan fingerprint density at radius 1 is 1.50 bits per heavy atom. The van der Waals surface area contributed by atoms with Crippen LogP contribution in [0.2, 0.25) is 0 Å². The molecule has 1 aromatic carbocycles. The summed E-state index contributed by atoms with van der Waals surface area (Å²) in [6.07, 6.45) is 0. The molecule has 0 aliphatic carbocycles. The summed E-state index contributed by atoms with van der Waals surface area (Å²) in [5.41, 5.74) is 7.48. The van der Waals surface area contributed by atoms with Crippen molar-refractivity contribution in [1.82, 2.24) is 0 Å². The van der Waals surface area contributed by atoms with Crippen LogP contribution in [0, 0.1) is 6.92 Å². The summed E-state index contributed by atoms with van der Waals surface area (Å²) in [6.45, 7) is 3.50. The first-order chi connectivity index (χ1) is 5.59. The molecule has 3 heteroatoms. The summed E-state index contributed by atoms with van der Waals surface area (Å²) in [6, 6.07) is 5.68. The van der Waals surface area contributed by atoms with Crippen LogP contribution in [0.25, 0.3) is 0 Å². The molecule has 1 aromatic rings. The third kappa shape index (κ3) is 2.27. The van der Waals surface area contributed by atoms with Crippen molar-refractivity contribution in [2.45, 2.75) is 18.7 Å². The topological polar surface area (TPSA) is 43.1 Å². The fraction of sp³-hybridized carbons (Fsp3) is 0.222. The quantitative estimate of drug-likeness (QED) is 0.533. The molecule has 0 radical (unpaired) electrons. The van der Waals surface area contributed by atoms with Gasteiger partial charge in [0.05, 0.1) is 0 Å². The van der Waals surface area contributed by atoms with E-state index in [-0.39, 0.29) is 5.12 Å². The van der Waals surface area contributed by atoms with Gasteiger partial charge < -0.3 is 5.73 Å². The number of anilines is 1. The molecular weight excluding hydrogens is 170 g/mol. The molecule has 0 atom stereocenters. The van der Waals surface area contributed by atoms with Crippen LogP contribution >= 0.6 is 11.8 Å². The van der Waals surface area contributed by atoms with E-state index < -0.39 is 0 Å².